The summed E-state index contributed by atoms with van der Waals surface area (Å²) in [7, 11) is 0. The van der Waals surface area contributed by atoms with E-state index in [4.69, 9.17) is 0 Å². The Labute approximate surface area is 268 Å². The normalized spacial score (nSPS) is 11.5. The number of hydrogen-bond acceptors (Lipinski definition) is 0. The first-order valence-corrected chi connectivity index (χ1v) is 15.9. The second kappa shape index (κ2) is 10.9. The molecular weight excluding hydrogens is 553 g/mol. The van der Waals surface area contributed by atoms with Gasteiger partial charge in [0.1, 0.15) is 0 Å². The summed E-state index contributed by atoms with van der Waals surface area (Å²) in [6.45, 7) is 0. The van der Waals surface area contributed by atoms with E-state index in [0.717, 1.165) is 0 Å². The molecule has 0 fully saturated rings. The lowest BCUT2D eigenvalue weighted by molar-refractivity contribution is 1.61. The summed E-state index contributed by atoms with van der Waals surface area (Å²) >= 11 is 0. The lowest BCUT2D eigenvalue weighted by atomic mass is 9.90. The zero-order chi connectivity index (χ0) is 30.5. The molecule has 0 bridgehead atoms. The van der Waals surface area contributed by atoms with Crippen LogP contribution in [0.25, 0.3) is 87.6 Å². The summed E-state index contributed by atoms with van der Waals surface area (Å²) in [6.07, 6.45) is 0. The molecule has 46 heavy (non-hydrogen) atoms. The molecular formula is C46H30. The van der Waals surface area contributed by atoms with Gasteiger partial charge in [-0.3, -0.25) is 0 Å². The van der Waals surface area contributed by atoms with Crippen LogP contribution in [0.1, 0.15) is 0 Å². The van der Waals surface area contributed by atoms with E-state index in [1.54, 1.807) is 0 Å². The molecule has 0 saturated carbocycles. The summed E-state index contributed by atoms with van der Waals surface area (Å²) in [4.78, 5) is 0. The van der Waals surface area contributed by atoms with Gasteiger partial charge < -0.3 is 0 Å². The molecule has 0 nitrogen and oxygen atoms in total. The van der Waals surface area contributed by atoms with Crippen LogP contribution in [0, 0.1) is 0 Å². The molecule has 0 radical (unpaired) electrons. The minimum Gasteiger partial charge on any atom is -0.0616 e. The van der Waals surface area contributed by atoms with Crippen molar-refractivity contribution in [3.63, 3.8) is 0 Å². The second-order valence-electron chi connectivity index (χ2n) is 12.1. The average molecular weight is 583 g/mol. The van der Waals surface area contributed by atoms with Crippen molar-refractivity contribution in [1.82, 2.24) is 0 Å². The van der Waals surface area contributed by atoms with Crippen LogP contribution in [0.2, 0.25) is 0 Å². The SMILES string of the molecule is c1ccc2cc(-c3ccc(-c4cccc5c(-c6ccc(-c7cc8ccccc8c8ccccc78)cc6)cccc45)cc3)ccc2c1. The van der Waals surface area contributed by atoms with Gasteiger partial charge in [-0.2, -0.15) is 0 Å². The van der Waals surface area contributed by atoms with Crippen LogP contribution in [-0.2, 0) is 0 Å². The molecule has 0 aliphatic rings. The fraction of sp³-hybridized carbons (Fsp3) is 0. The van der Waals surface area contributed by atoms with E-state index < -0.39 is 0 Å². The fourth-order valence-electron chi connectivity index (χ4n) is 7.15. The highest BCUT2D eigenvalue weighted by atomic mass is 14.2. The maximum atomic E-state index is 2.34. The molecule has 9 rings (SSSR count). The van der Waals surface area contributed by atoms with Gasteiger partial charge in [0.25, 0.3) is 0 Å². The molecule has 0 aromatic heterocycles. The third-order valence-electron chi connectivity index (χ3n) is 9.48. The van der Waals surface area contributed by atoms with E-state index in [-0.39, 0.29) is 0 Å². The van der Waals surface area contributed by atoms with Gasteiger partial charge in [-0.15, -0.1) is 0 Å². The Morgan fingerprint density at radius 3 is 1.28 bits per heavy atom. The summed E-state index contributed by atoms with van der Waals surface area (Å²) in [5.41, 5.74) is 9.94. The summed E-state index contributed by atoms with van der Waals surface area (Å²) in [5, 5.41) is 10.2. The first-order valence-electron chi connectivity index (χ1n) is 15.9. The molecule has 0 atom stereocenters. The number of benzene rings is 9. The van der Waals surface area contributed by atoms with Gasteiger partial charge >= 0.3 is 0 Å². The minimum atomic E-state index is 1.23. The van der Waals surface area contributed by atoms with Gasteiger partial charge in [-0.1, -0.05) is 170 Å². The molecule has 0 amide bonds. The smallest absolute Gasteiger partial charge is 0.00990 e. The van der Waals surface area contributed by atoms with E-state index in [1.807, 2.05) is 0 Å². The lowest BCUT2D eigenvalue weighted by Crippen LogP contribution is -1.87. The summed E-state index contributed by atoms with van der Waals surface area (Å²) in [5.74, 6) is 0. The Morgan fingerprint density at radius 1 is 0.196 bits per heavy atom. The van der Waals surface area contributed by atoms with Crippen LogP contribution < -0.4 is 0 Å². The standard InChI is InChI=1S/C46H30/c1-2-10-36-29-37(28-21-31(36)9-1)32-19-22-33(23-20-32)39-15-7-18-44-40(16-8-17-43(39)44)34-24-26-35(27-25-34)46-30-38-11-3-4-12-41(38)42-13-5-6-14-45(42)46/h1-30H. The van der Waals surface area contributed by atoms with Crippen LogP contribution in [0.5, 0.6) is 0 Å². The first-order chi connectivity index (χ1) is 22.8. The zero-order valence-corrected chi connectivity index (χ0v) is 25.3. The van der Waals surface area contributed by atoms with Crippen molar-refractivity contribution < 1.29 is 0 Å². The Bertz CT molecular complexity index is 2550. The molecule has 9 aromatic carbocycles. The molecule has 0 N–H and O–H groups in total. The molecule has 9 aromatic rings. The van der Waals surface area contributed by atoms with Crippen LogP contribution in [0.15, 0.2) is 182 Å². The first kappa shape index (κ1) is 26.4. The average Bonchev–Trinajstić information content (AvgIpc) is 3.14. The summed E-state index contributed by atoms with van der Waals surface area (Å²) in [6, 6.07) is 66.5. The molecule has 0 heterocycles. The molecule has 0 aliphatic carbocycles. The Balaban J connectivity index is 1.08. The van der Waals surface area contributed by atoms with Gasteiger partial charge in [-0.05, 0) is 99.7 Å². The van der Waals surface area contributed by atoms with E-state index >= 15 is 0 Å². The summed E-state index contributed by atoms with van der Waals surface area (Å²) < 4.78 is 0. The minimum absolute atomic E-state index is 1.23. The molecule has 214 valence electrons. The lowest BCUT2D eigenvalue weighted by Gasteiger charge is -2.14. The quantitative estimate of drug-likeness (QED) is 0.181. The maximum absolute atomic E-state index is 2.34. The van der Waals surface area contributed by atoms with E-state index in [9.17, 15) is 0 Å². The van der Waals surface area contributed by atoms with Crippen molar-refractivity contribution in [3.05, 3.63) is 182 Å². The predicted octanol–water partition coefficient (Wildman–Crippen LogP) is 13.0. The fourth-order valence-corrected chi connectivity index (χ4v) is 7.15. The molecule has 0 saturated heterocycles. The van der Waals surface area contributed by atoms with Crippen molar-refractivity contribution in [1.29, 1.82) is 0 Å². The van der Waals surface area contributed by atoms with Crippen molar-refractivity contribution in [2.45, 2.75) is 0 Å². The number of fused-ring (bicyclic) bond motifs is 5. The Hall–Kier alpha value is -5.98. The van der Waals surface area contributed by atoms with Crippen molar-refractivity contribution in [2.24, 2.45) is 0 Å². The number of rotatable bonds is 4. The van der Waals surface area contributed by atoms with Gasteiger partial charge in [-0.25, -0.2) is 0 Å². The molecule has 0 unspecified atom stereocenters. The third kappa shape index (κ3) is 4.47. The maximum Gasteiger partial charge on any atom is -0.00990 e. The number of hydrogen-bond donors (Lipinski definition) is 0. The van der Waals surface area contributed by atoms with Crippen molar-refractivity contribution in [2.75, 3.05) is 0 Å². The van der Waals surface area contributed by atoms with Gasteiger partial charge in [0.2, 0.25) is 0 Å². The Morgan fingerprint density at radius 2 is 0.630 bits per heavy atom. The van der Waals surface area contributed by atoms with Crippen LogP contribution in [-0.4, -0.2) is 0 Å². The topological polar surface area (TPSA) is 0 Å². The van der Waals surface area contributed by atoms with Crippen molar-refractivity contribution in [3.8, 4) is 44.5 Å². The highest BCUT2D eigenvalue weighted by Crippen LogP contribution is 2.38. The van der Waals surface area contributed by atoms with E-state index in [2.05, 4.69) is 182 Å². The van der Waals surface area contributed by atoms with Crippen LogP contribution in [0.3, 0.4) is 0 Å². The largest absolute Gasteiger partial charge is 0.0616 e. The third-order valence-corrected chi connectivity index (χ3v) is 9.48. The van der Waals surface area contributed by atoms with Crippen LogP contribution >= 0.6 is 0 Å². The predicted molar refractivity (Wildman–Crippen MR) is 198 cm³/mol. The van der Waals surface area contributed by atoms with E-state index in [0.29, 0.717) is 0 Å². The van der Waals surface area contributed by atoms with Crippen LogP contribution in [0.4, 0.5) is 0 Å². The van der Waals surface area contributed by atoms with Gasteiger partial charge in [0.15, 0.2) is 0 Å². The second-order valence-corrected chi connectivity index (χ2v) is 12.1. The zero-order valence-electron chi connectivity index (χ0n) is 25.3. The highest BCUT2D eigenvalue weighted by Gasteiger charge is 2.12. The Kier molecular flexibility index (Phi) is 6.25. The van der Waals surface area contributed by atoms with Crippen molar-refractivity contribution >= 4 is 43.1 Å². The van der Waals surface area contributed by atoms with E-state index in [1.165, 1.54) is 87.6 Å². The van der Waals surface area contributed by atoms with Gasteiger partial charge in [0.05, 0.1) is 0 Å². The highest BCUT2D eigenvalue weighted by molar-refractivity contribution is 6.14. The molecule has 0 aliphatic heterocycles. The monoisotopic (exact) mass is 582 g/mol. The molecule has 0 heteroatoms. The van der Waals surface area contributed by atoms with Gasteiger partial charge in [0, 0.05) is 0 Å². The molecule has 0 spiro atoms.